The lowest BCUT2D eigenvalue weighted by Gasteiger charge is -2.14. The summed E-state index contributed by atoms with van der Waals surface area (Å²) in [7, 11) is 1.78. The van der Waals surface area contributed by atoms with Crippen molar-refractivity contribution in [2.24, 2.45) is 0 Å². The molecular formula is C20H18N4O2S2. The van der Waals surface area contributed by atoms with Gasteiger partial charge in [-0.2, -0.15) is 0 Å². The Morgan fingerprint density at radius 2 is 1.93 bits per heavy atom. The number of rotatable bonds is 6. The van der Waals surface area contributed by atoms with E-state index < -0.39 is 0 Å². The van der Waals surface area contributed by atoms with Crippen LogP contribution in [0.2, 0.25) is 0 Å². The number of thioether (sulfide) groups is 1. The Morgan fingerprint density at radius 1 is 1.14 bits per heavy atom. The maximum atomic E-state index is 12.4. The van der Waals surface area contributed by atoms with Gasteiger partial charge in [-0.1, -0.05) is 41.6 Å². The van der Waals surface area contributed by atoms with Crippen molar-refractivity contribution in [1.29, 1.82) is 0 Å². The number of aromatic nitrogens is 3. The van der Waals surface area contributed by atoms with Crippen LogP contribution in [0.1, 0.15) is 10.6 Å². The Hall–Kier alpha value is -2.71. The molecule has 8 heteroatoms. The fourth-order valence-corrected chi connectivity index (χ4v) is 4.32. The quantitative estimate of drug-likeness (QED) is 0.439. The van der Waals surface area contributed by atoms with Crippen LogP contribution in [-0.4, -0.2) is 38.8 Å². The Balaban J connectivity index is 1.34. The molecule has 2 heterocycles. The number of amides is 1. The van der Waals surface area contributed by atoms with Gasteiger partial charge < -0.3 is 9.32 Å². The van der Waals surface area contributed by atoms with E-state index in [-0.39, 0.29) is 11.7 Å². The third-order valence-electron chi connectivity index (χ3n) is 4.16. The van der Waals surface area contributed by atoms with Crippen LogP contribution < -0.4 is 0 Å². The first kappa shape index (κ1) is 18.6. The molecular weight excluding hydrogens is 392 g/mol. The third-order valence-corrected chi connectivity index (χ3v) is 5.98. The maximum absolute atomic E-state index is 12.4. The second-order valence-electron chi connectivity index (χ2n) is 6.35. The predicted molar refractivity (Wildman–Crippen MR) is 111 cm³/mol. The average Bonchev–Trinajstić information content (AvgIpc) is 3.33. The summed E-state index contributed by atoms with van der Waals surface area (Å²) < 4.78 is 6.78. The lowest BCUT2D eigenvalue weighted by atomic mass is 10.1. The summed E-state index contributed by atoms with van der Waals surface area (Å²) in [5, 5.41) is 9.39. The number of carbonyl (C=O) groups is 1. The van der Waals surface area contributed by atoms with Gasteiger partial charge in [0, 0.05) is 12.6 Å². The minimum Gasteiger partial charge on any atom is -0.411 e. The fraction of sp³-hybridized carbons (Fsp3) is 0.200. The van der Waals surface area contributed by atoms with E-state index in [1.165, 1.54) is 17.3 Å². The molecule has 6 nitrogen and oxygen atoms in total. The smallest absolute Gasteiger partial charge is 0.277 e. The highest BCUT2D eigenvalue weighted by molar-refractivity contribution is 7.99. The first-order valence-electron chi connectivity index (χ1n) is 8.70. The number of fused-ring (bicyclic) bond motifs is 1. The molecule has 0 radical (unpaired) electrons. The van der Waals surface area contributed by atoms with Gasteiger partial charge in [-0.25, -0.2) is 4.98 Å². The minimum absolute atomic E-state index is 0.0145. The molecule has 0 unspecified atom stereocenters. The molecule has 2 aromatic heterocycles. The molecule has 1 amide bonds. The Kier molecular flexibility index (Phi) is 5.40. The van der Waals surface area contributed by atoms with Gasteiger partial charge >= 0.3 is 0 Å². The van der Waals surface area contributed by atoms with Crippen molar-refractivity contribution in [3.05, 3.63) is 59.1 Å². The van der Waals surface area contributed by atoms with Crippen LogP contribution in [0.3, 0.4) is 0 Å². The average molecular weight is 411 g/mol. The second-order valence-corrected chi connectivity index (χ2v) is 8.39. The van der Waals surface area contributed by atoms with Crippen molar-refractivity contribution in [2.75, 3.05) is 12.8 Å². The van der Waals surface area contributed by atoms with E-state index in [1.807, 2.05) is 55.5 Å². The van der Waals surface area contributed by atoms with Gasteiger partial charge in [-0.3, -0.25) is 4.79 Å². The number of hydrogen-bond acceptors (Lipinski definition) is 7. The second kappa shape index (κ2) is 8.12. The summed E-state index contributed by atoms with van der Waals surface area (Å²) >= 11 is 2.85. The summed E-state index contributed by atoms with van der Waals surface area (Å²) in [5.41, 5.74) is 3.00. The summed E-state index contributed by atoms with van der Waals surface area (Å²) in [5.74, 6) is 0.675. The highest BCUT2D eigenvalue weighted by Gasteiger charge is 2.15. The van der Waals surface area contributed by atoms with Crippen LogP contribution in [-0.2, 0) is 11.3 Å². The van der Waals surface area contributed by atoms with Crippen LogP contribution in [0.5, 0.6) is 0 Å². The van der Waals surface area contributed by atoms with E-state index in [0.717, 1.165) is 20.8 Å². The molecule has 0 atom stereocenters. The topological polar surface area (TPSA) is 72.1 Å². The van der Waals surface area contributed by atoms with Crippen LogP contribution in [0.25, 0.3) is 21.7 Å². The van der Waals surface area contributed by atoms with E-state index in [1.54, 1.807) is 23.3 Å². The van der Waals surface area contributed by atoms with Crippen molar-refractivity contribution >= 4 is 39.2 Å². The van der Waals surface area contributed by atoms with Crippen molar-refractivity contribution in [3.63, 3.8) is 0 Å². The van der Waals surface area contributed by atoms with E-state index in [2.05, 4.69) is 15.2 Å². The highest BCUT2D eigenvalue weighted by atomic mass is 32.2. The van der Waals surface area contributed by atoms with Crippen molar-refractivity contribution in [3.8, 4) is 11.5 Å². The SMILES string of the molecule is Cc1ccc(-c2nnc(SCC(=O)N(C)Cc3nc4ccccc4s3)o2)cc1. The molecule has 4 aromatic rings. The number of aryl methyl sites for hydroxylation is 1. The lowest BCUT2D eigenvalue weighted by Crippen LogP contribution is -2.27. The molecule has 142 valence electrons. The van der Waals surface area contributed by atoms with Gasteiger partial charge in [-0.15, -0.1) is 21.5 Å². The molecule has 0 saturated heterocycles. The zero-order valence-electron chi connectivity index (χ0n) is 15.5. The molecule has 0 aliphatic heterocycles. The molecule has 4 rings (SSSR count). The maximum Gasteiger partial charge on any atom is 0.277 e. The first-order chi connectivity index (χ1) is 13.6. The normalized spacial score (nSPS) is 11.1. The molecule has 2 aromatic carbocycles. The Labute approximate surface area is 170 Å². The van der Waals surface area contributed by atoms with Gasteiger partial charge in [0.1, 0.15) is 5.01 Å². The summed E-state index contributed by atoms with van der Waals surface area (Å²) in [4.78, 5) is 18.7. The number of carbonyl (C=O) groups excluding carboxylic acids is 1. The van der Waals surface area contributed by atoms with Gasteiger partial charge in [0.25, 0.3) is 5.22 Å². The molecule has 28 heavy (non-hydrogen) atoms. The number of thiazole rings is 1. The molecule has 0 bridgehead atoms. The molecule has 0 spiro atoms. The largest absolute Gasteiger partial charge is 0.411 e. The standard InChI is InChI=1S/C20H18N4O2S2/c1-13-7-9-14(10-8-13)19-22-23-20(26-19)27-12-18(25)24(2)11-17-21-15-5-3-4-6-16(15)28-17/h3-10H,11-12H2,1-2H3. The van der Waals surface area contributed by atoms with Crippen LogP contribution in [0.15, 0.2) is 58.2 Å². The van der Waals surface area contributed by atoms with Gasteiger partial charge in [0.05, 0.1) is 22.5 Å². The molecule has 0 N–H and O–H groups in total. The number of nitrogens with zero attached hydrogens (tertiary/aromatic N) is 4. The van der Waals surface area contributed by atoms with Crippen LogP contribution in [0.4, 0.5) is 0 Å². The van der Waals surface area contributed by atoms with Gasteiger partial charge in [0.15, 0.2) is 0 Å². The fourth-order valence-electron chi connectivity index (χ4n) is 2.59. The summed E-state index contributed by atoms with van der Waals surface area (Å²) in [6, 6.07) is 15.8. The molecule has 0 saturated carbocycles. The van der Waals surface area contributed by atoms with Gasteiger partial charge in [0.2, 0.25) is 11.8 Å². The molecule has 0 aliphatic rings. The third kappa shape index (κ3) is 4.23. The lowest BCUT2D eigenvalue weighted by molar-refractivity contribution is -0.127. The van der Waals surface area contributed by atoms with Crippen molar-refractivity contribution < 1.29 is 9.21 Å². The minimum atomic E-state index is -0.0145. The number of para-hydroxylation sites is 1. The zero-order chi connectivity index (χ0) is 19.5. The number of benzene rings is 2. The summed E-state index contributed by atoms with van der Waals surface area (Å²) in [6.45, 7) is 2.51. The Morgan fingerprint density at radius 3 is 2.71 bits per heavy atom. The van der Waals surface area contributed by atoms with Crippen molar-refractivity contribution in [2.45, 2.75) is 18.7 Å². The summed E-state index contributed by atoms with van der Waals surface area (Å²) in [6.07, 6.45) is 0. The monoisotopic (exact) mass is 410 g/mol. The van der Waals surface area contributed by atoms with Crippen molar-refractivity contribution in [1.82, 2.24) is 20.1 Å². The number of hydrogen-bond donors (Lipinski definition) is 0. The van der Waals surface area contributed by atoms with Crippen LogP contribution in [0, 0.1) is 6.92 Å². The van der Waals surface area contributed by atoms with E-state index in [9.17, 15) is 4.79 Å². The highest BCUT2D eigenvalue weighted by Crippen LogP contribution is 2.25. The molecule has 0 aliphatic carbocycles. The zero-order valence-corrected chi connectivity index (χ0v) is 17.1. The van der Waals surface area contributed by atoms with E-state index in [0.29, 0.717) is 17.7 Å². The molecule has 0 fully saturated rings. The van der Waals surface area contributed by atoms with E-state index >= 15 is 0 Å². The predicted octanol–water partition coefficient (Wildman–Crippen LogP) is 4.41. The first-order valence-corrected chi connectivity index (χ1v) is 10.5. The van der Waals surface area contributed by atoms with Gasteiger partial charge in [-0.05, 0) is 31.2 Å². The Bertz CT molecular complexity index is 1070. The van der Waals surface area contributed by atoms with Crippen LogP contribution >= 0.6 is 23.1 Å². The van der Waals surface area contributed by atoms with E-state index in [4.69, 9.17) is 4.42 Å².